The minimum Gasteiger partial charge on any atom is -0.444 e. The Kier molecular flexibility index (Phi) is 11.2. The third-order valence-corrected chi connectivity index (χ3v) is 6.48. The molecule has 208 valence electrons. The van der Waals surface area contributed by atoms with Gasteiger partial charge in [0.05, 0.1) is 17.3 Å². The molecule has 0 fully saturated rings. The Balaban J connectivity index is 2.56. The fourth-order valence-electron chi connectivity index (χ4n) is 4.07. The zero-order valence-electron chi connectivity index (χ0n) is 23.3. The number of carbonyl (C=O) groups excluding carboxylic acids is 3. The van der Waals surface area contributed by atoms with Crippen molar-refractivity contribution in [2.75, 3.05) is 18.5 Å². The van der Waals surface area contributed by atoms with Crippen LogP contribution in [0.25, 0.3) is 0 Å². The Morgan fingerprint density at radius 1 is 1.11 bits per heavy atom. The van der Waals surface area contributed by atoms with Gasteiger partial charge in [0.2, 0.25) is 5.91 Å². The summed E-state index contributed by atoms with van der Waals surface area (Å²) < 4.78 is 5.40. The minimum absolute atomic E-state index is 0.130. The molecule has 0 heterocycles. The van der Waals surface area contributed by atoms with Crippen molar-refractivity contribution in [3.63, 3.8) is 0 Å². The molecule has 0 spiro atoms. The van der Waals surface area contributed by atoms with Crippen LogP contribution in [-0.4, -0.2) is 52.7 Å². The number of hydrogen-bond donors (Lipinski definition) is 3. The van der Waals surface area contributed by atoms with Crippen LogP contribution in [0, 0.1) is 19.8 Å². The maximum Gasteiger partial charge on any atom is 0.408 e. The summed E-state index contributed by atoms with van der Waals surface area (Å²) in [5, 5.41) is 15.9. The van der Waals surface area contributed by atoms with E-state index < -0.39 is 35.6 Å². The minimum atomic E-state index is -1.10. The van der Waals surface area contributed by atoms with Crippen LogP contribution in [0.3, 0.4) is 0 Å². The van der Waals surface area contributed by atoms with Crippen LogP contribution in [-0.2, 0) is 14.3 Å². The van der Waals surface area contributed by atoms with Gasteiger partial charge in [0, 0.05) is 6.54 Å². The molecule has 0 aliphatic rings. The van der Waals surface area contributed by atoms with Crippen molar-refractivity contribution in [2.24, 2.45) is 5.92 Å². The summed E-state index contributed by atoms with van der Waals surface area (Å²) in [6.45, 7) is 12.2. The Hall–Kier alpha value is -3.10. The number of anilines is 1. The van der Waals surface area contributed by atoms with Crippen LogP contribution in [0.5, 0.6) is 0 Å². The molecule has 0 bridgehead atoms. The number of aliphatic hydroxyl groups excluding tert-OH is 1. The van der Waals surface area contributed by atoms with Crippen LogP contribution in [0.1, 0.15) is 63.8 Å². The standard InChI is InChI=1S/C29H40ClN3O5/c1-8-19(3)24(32-28(37)38-29(5,6)7)27(36)33(15-16-34)25(21-13-9-11-18(2)17-21)26(35)31-23-20(4)12-10-14-22(23)30/h9-14,17,19,24-25,34H,8,15-16H2,1-7H3,(H,31,35)(H,32,37). The lowest BCUT2D eigenvalue weighted by Gasteiger charge is -2.36. The lowest BCUT2D eigenvalue weighted by Crippen LogP contribution is -2.55. The summed E-state index contributed by atoms with van der Waals surface area (Å²) >= 11 is 6.38. The van der Waals surface area contributed by atoms with Gasteiger partial charge in [-0.25, -0.2) is 4.79 Å². The fraction of sp³-hybridized carbons (Fsp3) is 0.483. The third kappa shape index (κ3) is 8.46. The molecule has 0 radical (unpaired) electrons. The number of para-hydroxylation sites is 1. The highest BCUT2D eigenvalue weighted by atomic mass is 35.5. The number of halogens is 1. The topological polar surface area (TPSA) is 108 Å². The number of ether oxygens (including phenoxy) is 1. The molecule has 3 atom stereocenters. The van der Waals surface area contributed by atoms with E-state index in [9.17, 15) is 19.5 Å². The van der Waals surface area contributed by atoms with Crippen LogP contribution >= 0.6 is 11.6 Å². The molecule has 9 heteroatoms. The average Bonchev–Trinajstić information content (AvgIpc) is 2.82. The highest BCUT2D eigenvalue weighted by Gasteiger charge is 2.38. The number of aliphatic hydroxyl groups is 1. The second kappa shape index (κ2) is 13.6. The van der Waals surface area contributed by atoms with E-state index in [4.69, 9.17) is 16.3 Å². The maximum atomic E-state index is 14.1. The second-order valence-corrected chi connectivity index (χ2v) is 10.9. The molecule has 3 amide bonds. The number of benzene rings is 2. The van der Waals surface area contributed by atoms with E-state index in [1.165, 1.54) is 4.90 Å². The molecule has 2 rings (SSSR count). The molecule has 3 N–H and O–H groups in total. The van der Waals surface area contributed by atoms with Gasteiger partial charge < -0.3 is 25.4 Å². The molecule has 0 saturated heterocycles. The van der Waals surface area contributed by atoms with E-state index in [0.717, 1.165) is 11.1 Å². The van der Waals surface area contributed by atoms with Gasteiger partial charge in [0.15, 0.2) is 0 Å². The smallest absolute Gasteiger partial charge is 0.408 e. The number of amides is 3. The maximum absolute atomic E-state index is 14.1. The van der Waals surface area contributed by atoms with Crippen LogP contribution in [0.15, 0.2) is 42.5 Å². The van der Waals surface area contributed by atoms with Gasteiger partial charge in [-0.1, -0.05) is 73.8 Å². The number of alkyl carbamates (subject to hydrolysis) is 1. The third-order valence-electron chi connectivity index (χ3n) is 6.16. The molecule has 0 aromatic heterocycles. The van der Waals surface area contributed by atoms with Crippen molar-refractivity contribution < 1.29 is 24.2 Å². The first-order chi connectivity index (χ1) is 17.8. The highest BCUT2D eigenvalue weighted by molar-refractivity contribution is 6.34. The molecule has 8 nitrogen and oxygen atoms in total. The van der Waals surface area contributed by atoms with Crippen molar-refractivity contribution in [3.8, 4) is 0 Å². The van der Waals surface area contributed by atoms with E-state index >= 15 is 0 Å². The van der Waals surface area contributed by atoms with E-state index in [2.05, 4.69) is 10.6 Å². The highest BCUT2D eigenvalue weighted by Crippen LogP contribution is 2.30. The van der Waals surface area contributed by atoms with Crippen molar-refractivity contribution in [1.29, 1.82) is 0 Å². The zero-order valence-corrected chi connectivity index (χ0v) is 24.1. The molecule has 0 saturated carbocycles. The lowest BCUT2D eigenvalue weighted by atomic mass is 9.95. The van der Waals surface area contributed by atoms with Crippen LogP contribution < -0.4 is 10.6 Å². The summed E-state index contributed by atoms with van der Waals surface area (Å²) in [4.78, 5) is 41.9. The fourth-order valence-corrected chi connectivity index (χ4v) is 4.33. The van der Waals surface area contributed by atoms with E-state index in [1.807, 2.05) is 45.9 Å². The summed E-state index contributed by atoms with van der Waals surface area (Å²) in [5.74, 6) is -1.27. The first kappa shape index (κ1) is 31.1. The van der Waals surface area contributed by atoms with Gasteiger partial charge in [0.25, 0.3) is 5.91 Å². The van der Waals surface area contributed by atoms with E-state index in [0.29, 0.717) is 22.7 Å². The normalized spacial score (nSPS) is 13.7. The molecule has 3 unspecified atom stereocenters. The van der Waals surface area contributed by atoms with Crippen molar-refractivity contribution in [3.05, 3.63) is 64.2 Å². The van der Waals surface area contributed by atoms with Crippen molar-refractivity contribution in [2.45, 2.75) is 72.6 Å². The van der Waals surface area contributed by atoms with Gasteiger partial charge in [0.1, 0.15) is 17.7 Å². The zero-order chi connectivity index (χ0) is 28.6. The number of hydrogen-bond acceptors (Lipinski definition) is 5. The molecular formula is C29H40ClN3O5. The van der Waals surface area contributed by atoms with Gasteiger partial charge >= 0.3 is 6.09 Å². The molecule has 38 heavy (non-hydrogen) atoms. The van der Waals surface area contributed by atoms with Crippen molar-refractivity contribution in [1.82, 2.24) is 10.2 Å². The quantitative estimate of drug-likeness (QED) is 0.370. The number of nitrogens with one attached hydrogen (secondary N) is 2. The van der Waals surface area contributed by atoms with Gasteiger partial charge in [-0.2, -0.15) is 0 Å². The van der Waals surface area contributed by atoms with Crippen LogP contribution in [0.4, 0.5) is 10.5 Å². The lowest BCUT2D eigenvalue weighted by molar-refractivity contribution is -0.142. The van der Waals surface area contributed by atoms with Gasteiger partial charge in [-0.15, -0.1) is 0 Å². The number of carbonyl (C=O) groups is 3. The van der Waals surface area contributed by atoms with E-state index in [1.54, 1.807) is 45.0 Å². The predicted molar refractivity (Wildman–Crippen MR) is 150 cm³/mol. The summed E-state index contributed by atoms with van der Waals surface area (Å²) in [5.41, 5.74) is 1.91. The van der Waals surface area contributed by atoms with Gasteiger partial charge in [-0.3, -0.25) is 9.59 Å². The predicted octanol–water partition coefficient (Wildman–Crippen LogP) is 5.40. The SMILES string of the molecule is CCC(C)C(NC(=O)OC(C)(C)C)C(=O)N(CCO)C(C(=O)Nc1c(C)cccc1Cl)c1cccc(C)c1. The second-order valence-electron chi connectivity index (χ2n) is 10.5. The molecular weight excluding hydrogens is 506 g/mol. The Morgan fingerprint density at radius 3 is 2.32 bits per heavy atom. The molecule has 0 aliphatic heterocycles. The number of rotatable bonds is 10. The summed E-state index contributed by atoms with van der Waals surface area (Å²) in [6.07, 6.45) is -0.150. The first-order valence-corrected chi connectivity index (χ1v) is 13.2. The molecule has 2 aromatic rings. The first-order valence-electron chi connectivity index (χ1n) is 12.8. The molecule has 2 aromatic carbocycles. The molecule has 0 aliphatic carbocycles. The largest absolute Gasteiger partial charge is 0.444 e. The summed E-state index contributed by atoms with van der Waals surface area (Å²) in [6, 6.07) is 10.5. The Labute approximate surface area is 230 Å². The average molecular weight is 546 g/mol. The Bertz CT molecular complexity index is 1110. The van der Waals surface area contributed by atoms with E-state index in [-0.39, 0.29) is 19.1 Å². The number of nitrogens with zero attached hydrogens (tertiary/aromatic N) is 1. The number of aryl methyl sites for hydroxylation is 2. The Morgan fingerprint density at radius 2 is 1.76 bits per heavy atom. The summed E-state index contributed by atoms with van der Waals surface area (Å²) in [7, 11) is 0. The van der Waals surface area contributed by atoms with Crippen molar-refractivity contribution >= 4 is 35.2 Å². The van der Waals surface area contributed by atoms with Gasteiger partial charge in [-0.05, 0) is 57.7 Å². The van der Waals surface area contributed by atoms with Crippen LogP contribution in [0.2, 0.25) is 5.02 Å². The monoisotopic (exact) mass is 545 g/mol.